The highest BCUT2D eigenvalue weighted by Crippen LogP contribution is 2.28. The lowest BCUT2D eigenvalue weighted by atomic mass is 10.0. The molecule has 0 amide bonds. The standard InChI is InChI=1S/C10H11BrN2O2/c1-15-10(14)9-2-3-13(9)8-4-7(11)5-12-6-8/h4-6,9H,2-3H2,1H3. The van der Waals surface area contributed by atoms with Crippen LogP contribution in [-0.2, 0) is 9.53 Å². The van der Waals surface area contributed by atoms with Gasteiger partial charge in [-0.1, -0.05) is 0 Å². The number of anilines is 1. The zero-order chi connectivity index (χ0) is 10.8. The van der Waals surface area contributed by atoms with Crippen LogP contribution in [-0.4, -0.2) is 30.6 Å². The van der Waals surface area contributed by atoms with E-state index in [2.05, 4.69) is 20.9 Å². The summed E-state index contributed by atoms with van der Waals surface area (Å²) in [6.07, 6.45) is 4.31. The van der Waals surface area contributed by atoms with Gasteiger partial charge in [0.25, 0.3) is 0 Å². The lowest BCUT2D eigenvalue weighted by Gasteiger charge is -2.40. The van der Waals surface area contributed by atoms with E-state index in [0.29, 0.717) is 0 Å². The number of carbonyl (C=O) groups excluding carboxylic acids is 1. The van der Waals surface area contributed by atoms with E-state index in [-0.39, 0.29) is 12.0 Å². The first-order chi connectivity index (χ1) is 7.22. The molecule has 15 heavy (non-hydrogen) atoms. The number of methoxy groups -OCH3 is 1. The highest BCUT2D eigenvalue weighted by molar-refractivity contribution is 9.10. The summed E-state index contributed by atoms with van der Waals surface area (Å²) in [5.74, 6) is -0.179. The van der Waals surface area contributed by atoms with Crippen molar-refractivity contribution in [3.05, 3.63) is 22.9 Å². The summed E-state index contributed by atoms with van der Waals surface area (Å²) in [7, 11) is 1.41. The van der Waals surface area contributed by atoms with Gasteiger partial charge in [-0.15, -0.1) is 0 Å². The number of nitrogens with zero attached hydrogens (tertiary/aromatic N) is 2. The van der Waals surface area contributed by atoms with Crippen molar-refractivity contribution in [2.24, 2.45) is 0 Å². The third kappa shape index (κ3) is 1.97. The third-order valence-corrected chi connectivity index (χ3v) is 2.95. The fraction of sp³-hybridized carbons (Fsp3) is 0.400. The zero-order valence-corrected chi connectivity index (χ0v) is 9.90. The highest BCUT2D eigenvalue weighted by atomic mass is 79.9. The van der Waals surface area contributed by atoms with Crippen LogP contribution in [0.3, 0.4) is 0 Å². The Morgan fingerprint density at radius 1 is 1.67 bits per heavy atom. The van der Waals surface area contributed by atoms with E-state index in [1.165, 1.54) is 7.11 Å². The Hall–Kier alpha value is -1.10. The molecule has 1 fully saturated rings. The average molecular weight is 271 g/mol. The number of halogens is 1. The molecular weight excluding hydrogens is 260 g/mol. The predicted molar refractivity (Wildman–Crippen MR) is 59.7 cm³/mol. The van der Waals surface area contributed by atoms with Crippen LogP contribution in [0.15, 0.2) is 22.9 Å². The SMILES string of the molecule is COC(=O)C1CCN1c1cncc(Br)c1. The van der Waals surface area contributed by atoms with Crippen molar-refractivity contribution in [1.29, 1.82) is 0 Å². The maximum Gasteiger partial charge on any atom is 0.328 e. The smallest absolute Gasteiger partial charge is 0.328 e. The minimum absolute atomic E-state index is 0.147. The van der Waals surface area contributed by atoms with Gasteiger partial charge in [-0.05, 0) is 28.4 Å². The maximum absolute atomic E-state index is 11.4. The molecule has 0 bridgehead atoms. The lowest BCUT2D eigenvalue weighted by Crippen LogP contribution is -2.53. The predicted octanol–water partition coefficient (Wildman–Crippen LogP) is 1.60. The van der Waals surface area contributed by atoms with Gasteiger partial charge in [-0.3, -0.25) is 4.98 Å². The molecule has 0 aromatic carbocycles. The monoisotopic (exact) mass is 270 g/mol. The quantitative estimate of drug-likeness (QED) is 0.766. The molecule has 1 aliphatic heterocycles. The van der Waals surface area contributed by atoms with Crippen molar-refractivity contribution in [2.45, 2.75) is 12.5 Å². The van der Waals surface area contributed by atoms with Crippen molar-refractivity contribution in [1.82, 2.24) is 4.98 Å². The average Bonchev–Trinajstić information content (AvgIpc) is 2.16. The molecule has 1 aromatic rings. The summed E-state index contributed by atoms with van der Waals surface area (Å²) >= 11 is 3.35. The molecule has 1 aromatic heterocycles. The van der Waals surface area contributed by atoms with Crippen LogP contribution < -0.4 is 4.90 Å². The van der Waals surface area contributed by atoms with Gasteiger partial charge in [0.05, 0.1) is 19.0 Å². The molecule has 4 nitrogen and oxygen atoms in total. The Kier molecular flexibility index (Phi) is 2.90. The Morgan fingerprint density at radius 2 is 2.47 bits per heavy atom. The lowest BCUT2D eigenvalue weighted by molar-refractivity contribution is -0.143. The largest absolute Gasteiger partial charge is 0.467 e. The Morgan fingerprint density at radius 3 is 3.00 bits per heavy atom. The number of hydrogen-bond acceptors (Lipinski definition) is 4. The van der Waals surface area contributed by atoms with Gasteiger partial charge < -0.3 is 9.64 Å². The molecule has 80 valence electrons. The van der Waals surface area contributed by atoms with Crippen molar-refractivity contribution >= 4 is 27.6 Å². The van der Waals surface area contributed by atoms with Crippen LogP contribution in [0.2, 0.25) is 0 Å². The molecule has 0 spiro atoms. The number of ether oxygens (including phenoxy) is 1. The number of aromatic nitrogens is 1. The summed E-state index contributed by atoms with van der Waals surface area (Å²) < 4.78 is 5.64. The molecule has 0 saturated carbocycles. The fourth-order valence-electron chi connectivity index (χ4n) is 1.64. The minimum atomic E-state index is -0.179. The van der Waals surface area contributed by atoms with Crippen molar-refractivity contribution in [3.8, 4) is 0 Å². The number of esters is 1. The van der Waals surface area contributed by atoms with E-state index in [1.54, 1.807) is 12.4 Å². The molecule has 2 heterocycles. The molecule has 0 radical (unpaired) electrons. The number of carbonyl (C=O) groups is 1. The van der Waals surface area contributed by atoms with Gasteiger partial charge in [0.15, 0.2) is 0 Å². The van der Waals surface area contributed by atoms with E-state index < -0.39 is 0 Å². The highest BCUT2D eigenvalue weighted by Gasteiger charge is 2.35. The molecule has 0 aliphatic carbocycles. The van der Waals surface area contributed by atoms with Crippen LogP contribution in [0.1, 0.15) is 6.42 Å². The minimum Gasteiger partial charge on any atom is -0.467 e. The van der Waals surface area contributed by atoms with E-state index in [0.717, 1.165) is 23.1 Å². The molecule has 1 unspecified atom stereocenters. The van der Waals surface area contributed by atoms with Crippen LogP contribution in [0.5, 0.6) is 0 Å². The molecule has 1 atom stereocenters. The first-order valence-corrected chi connectivity index (χ1v) is 5.46. The molecule has 5 heteroatoms. The Bertz CT molecular complexity index is 383. The summed E-state index contributed by atoms with van der Waals surface area (Å²) in [6.45, 7) is 0.873. The zero-order valence-electron chi connectivity index (χ0n) is 8.31. The van der Waals surface area contributed by atoms with Gasteiger partial charge in [-0.2, -0.15) is 0 Å². The summed E-state index contributed by atoms with van der Waals surface area (Å²) in [6, 6.07) is 1.80. The fourth-order valence-corrected chi connectivity index (χ4v) is 1.99. The molecule has 2 rings (SSSR count). The van der Waals surface area contributed by atoms with Gasteiger partial charge in [0, 0.05) is 17.2 Å². The third-order valence-electron chi connectivity index (χ3n) is 2.52. The van der Waals surface area contributed by atoms with Crippen molar-refractivity contribution < 1.29 is 9.53 Å². The second-order valence-electron chi connectivity index (χ2n) is 3.38. The van der Waals surface area contributed by atoms with Gasteiger partial charge in [-0.25, -0.2) is 4.79 Å². The van der Waals surface area contributed by atoms with Crippen molar-refractivity contribution in [2.75, 3.05) is 18.6 Å². The number of rotatable bonds is 2. The van der Waals surface area contributed by atoms with Gasteiger partial charge in [0.2, 0.25) is 0 Å². The van der Waals surface area contributed by atoms with Crippen LogP contribution in [0, 0.1) is 0 Å². The first-order valence-electron chi connectivity index (χ1n) is 4.67. The molecule has 1 aliphatic rings. The van der Waals surface area contributed by atoms with Gasteiger partial charge >= 0.3 is 5.97 Å². The Balaban J connectivity index is 2.15. The second kappa shape index (κ2) is 4.18. The topological polar surface area (TPSA) is 42.4 Å². The summed E-state index contributed by atoms with van der Waals surface area (Å²) in [5, 5.41) is 0. The van der Waals surface area contributed by atoms with E-state index in [4.69, 9.17) is 4.74 Å². The van der Waals surface area contributed by atoms with Crippen molar-refractivity contribution in [3.63, 3.8) is 0 Å². The van der Waals surface area contributed by atoms with Gasteiger partial charge in [0.1, 0.15) is 6.04 Å². The second-order valence-corrected chi connectivity index (χ2v) is 4.30. The molecular formula is C10H11BrN2O2. The Labute approximate surface area is 96.4 Å². The van der Waals surface area contributed by atoms with Crippen LogP contribution in [0.25, 0.3) is 0 Å². The molecule has 0 N–H and O–H groups in total. The van der Waals surface area contributed by atoms with E-state index >= 15 is 0 Å². The summed E-state index contributed by atoms with van der Waals surface area (Å²) in [5.41, 5.74) is 0.950. The number of pyridine rings is 1. The van der Waals surface area contributed by atoms with E-state index in [1.807, 2.05) is 11.0 Å². The first kappa shape index (κ1) is 10.4. The van der Waals surface area contributed by atoms with Crippen LogP contribution in [0.4, 0.5) is 5.69 Å². The van der Waals surface area contributed by atoms with Crippen LogP contribution >= 0.6 is 15.9 Å². The summed E-state index contributed by atoms with van der Waals surface area (Å²) in [4.78, 5) is 17.4. The number of hydrogen-bond donors (Lipinski definition) is 0. The molecule has 1 saturated heterocycles. The maximum atomic E-state index is 11.4. The van der Waals surface area contributed by atoms with E-state index in [9.17, 15) is 4.79 Å². The normalized spacial score (nSPS) is 19.6.